The highest BCUT2D eigenvalue weighted by molar-refractivity contribution is 5.68. The van der Waals surface area contributed by atoms with Crippen LogP contribution in [0, 0.1) is 0 Å². The lowest BCUT2D eigenvalue weighted by atomic mass is 9.94. The largest absolute Gasteiger partial charge is 0.389 e. The van der Waals surface area contributed by atoms with E-state index in [0.717, 1.165) is 12.0 Å². The van der Waals surface area contributed by atoms with Gasteiger partial charge in [-0.3, -0.25) is 0 Å². The fourth-order valence-corrected chi connectivity index (χ4v) is 2.05. The highest BCUT2D eigenvalue weighted by atomic mass is 16.3. The number of aryl methyl sites for hydroxylation is 1. The van der Waals surface area contributed by atoms with Crippen molar-refractivity contribution in [3.05, 3.63) is 59.7 Å². The van der Waals surface area contributed by atoms with Gasteiger partial charge in [0.15, 0.2) is 0 Å². The van der Waals surface area contributed by atoms with Crippen LogP contribution in [0.2, 0.25) is 0 Å². The van der Waals surface area contributed by atoms with Crippen molar-refractivity contribution in [2.75, 3.05) is 0 Å². The quantitative estimate of drug-likeness (QED) is 0.839. The van der Waals surface area contributed by atoms with E-state index in [4.69, 9.17) is 0 Å². The molecule has 0 aliphatic rings. The van der Waals surface area contributed by atoms with Gasteiger partial charge in [0.05, 0.1) is 6.10 Å². The average Bonchev–Trinajstić information content (AvgIpc) is 2.39. The molecule has 2 aromatic carbocycles. The summed E-state index contributed by atoms with van der Waals surface area (Å²) >= 11 is 0. The molecule has 1 unspecified atom stereocenters. The van der Waals surface area contributed by atoms with Crippen LogP contribution in [0.15, 0.2) is 48.5 Å². The summed E-state index contributed by atoms with van der Waals surface area (Å²) < 4.78 is 0. The predicted octanol–water partition coefficient (Wildman–Crippen LogP) is 3.97. The molecule has 0 radical (unpaired) electrons. The number of aliphatic hydroxyl groups excluding tert-OH is 1. The Morgan fingerprint density at radius 2 is 1.76 bits per heavy atom. The molecule has 1 heteroatoms. The van der Waals surface area contributed by atoms with E-state index in [1.807, 2.05) is 24.3 Å². The first-order chi connectivity index (χ1) is 8.22. The third-order valence-corrected chi connectivity index (χ3v) is 3.08. The third kappa shape index (κ3) is 2.56. The molecule has 17 heavy (non-hydrogen) atoms. The second-order valence-corrected chi connectivity index (χ2v) is 4.31. The van der Waals surface area contributed by atoms with Gasteiger partial charge in [-0.1, -0.05) is 49.4 Å². The fourth-order valence-electron chi connectivity index (χ4n) is 2.05. The van der Waals surface area contributed by atoms with Crippen molar-refractivity contribution < 1.29 is 5.11 Å². The van der Waals surface area contributed by atoms with Crippen molar-refractivity contribution in [1.29, 1.82) is 0 Å². The molecule has 1 N–H and O–H groups in total. The van der Waals surface area contributed by atoms with Crippen LogP contribution in [0.5, 0.6) is 0 Å². The van der Waals surface area contributed by atoms with E-state index in [9.17, 15) is 5.11 Å². The van der Waals surface area contributed by atoms with Gasteiger partial charge in [0.1, 0.15) is 0 Å². The van der Waals surface area contributed by atoms with Gasteiger partial charge in [0.25, 0.3) is 0 Å². The zero-order chi connectivity index (χ0) is 12.3. The van der Waals surface area contributed by atoms with Crippen molar-refractivity contribution in [1.82, 2.24) is 0 Å². The Balaban J connectivity index is 2.54. The summed E-state index contributed by atoms with van der Waals surface area (Å²) in [6, 6.07) is 16.6. The normalized spacial score (nSPS) is 12.4. The average molecular weight is 226 g/mol. The highest BCUT2D eigenvalue weighted by Gasteiger charge is 2.07. The van der Waals surface area contributed by atoms with Crippen molar-refractivity contribution in [2.24, 2.45) is 0 Å². The van der Waals surface area contributed by atoms with Crippen LogP contribution >= 0.6 is 0 Å². The molecule has 1 nitrogen and oxygen atoms in total. The molecule has 0 bridgehead atoms. The number of hydrogen-bond acceptors (Lipinski definition) is 1. The second kappa shape index (κ2) is 5.15. The van der Waals surface area contributed by atoms with E-state index in [0.29, 0.717) is 0 Å². The minimum atomic E-state index is -0.414. The van der Waals surface area contributed by atoms with Gasteiger partial charge in [-0.05, 0) is 41.7 Å². The maximum atomic E-state index is 9.66. The lowest BCUT2D eigenvalue weighted by Crippen LogP contribution is -1.95. The first-order valence-corrected chi connectivity index (χ1v) is 6.08. The first kappa shape index (κ1) is 11.9. The van der Waals surface area contributed by atoms with Crippen molar-refractivity contribution in [3.63, 3.8) is 0 Å². The van der Waals surface area contributed by atoms with Crippen LogP contribution in [-0.2, 0) is 6.42 Å². The molecule has 0 aliphatic heterocycles. The molecule has 0 saturated heterocycles. The third-order valence-electron chi connectivity index (χ3n) is 3.08. The highest BCUT2D eigenvalue weighted by Crippen LogP contribution is 2.27. The molecular weight excluding hydrogens is 208 g/mol. The van der Waals surface area contributed by atoms with E-state index < -0.39 is 6.10 Å². The summed E-state index contributed by atoms with van der Waals surface area (Å²) in [4.78, 5) is 0. The monoisotopic (exact) mass is 226 g/mol. The number of rotatable bonds is 3. The molecule has 0 spiro atoms. The minimum absolute atomic E-state index is 0.414. The van der Waals surface area contributed by atoms with E-state index in [1.54, 1.807) is 6.92 Å². The molecule has 0 heterocycles. The molecule has 0 saturated carbocycles. The van der Waals surface area contributed by atoms with E-state index in [2.05, 4.69) is 31.2 Å². The Hall–Kier alpha value is -1.60. The van der Waals surface area contributed by atoms with Crippen molar-refractivity contribution >= 4 is 0 Å². The minimum Gasteiger partial charge on any atom is -0.389 e. The van der Waals surface area contributed by atoms with Crippen LogP contribution in [0.3, 0.4) is 0 Å². The molecule has 2 rings (SSSR count). The van der Waals surface area contributed by atoms with Crippen LogP contribution < -0.4 is 0 Å². The van der Waals surface area contributed by atoms with Crippen LogP contribution in [0.25, 0.3) is 11.1 Å². The van der Waals surface area contributed by atoms with Gasteiger partial charge in [0, 0.05) is 0 Å². The maximum Gasteiger partial charge on any atom is 0.0762 e. The van der Waals surface area contributed by atoms with Gasteiger partial charge >= 0.3 is 0 Å². The summed E-state index contributed by atoms with van der Waals surface area (Å²) in [6.07, 6.45) is 0.591. The molecule has 0 aromatic heterocycles. The number of benzene rings is 2. The van der Waals surface area contributed by atoms with Gasteiger partial charge in [-0.25, -0.2) is 0 Å². The zero-order valence-corrected chi connectivity index (χ0v) is 10.4. The van der Waals surface area contributed by atoms with Gasteiger partial charge in [-0.15, -0.1) is 0 Å². The molecule has 2 aromatic rings. The number of hydrogen-bond donors (Lipinski definition) is 1. The Kier molecular flexibility index (Phi) is 3.60. The number of aliphatic hydroxyl groups is 1. The lowest BCUT2D eigenvalue weighted by Gasteiger charge is -2.12. The molecule has 88 valence electrons. The first-order valence-electron chi connectivity index (χ1n) is 6.08. The molecule has 1 atom stereocenters. The van der Waals surface area contributed by atoms with Crippen LogP contribution in [0.1, 0.15) is 31.1 Å². The van der Waals surface area contributed by atoms with Gasteiger partial charge in [-0.2, -0.15) is 0 Å². The van der Waals surface area contributed by atoms with Crippen molar-refractivity contribution in [2.45, 2.75) is 26.4 Å². The second-order valence-electron chi connectivity index (χ2n) is 4.31. The fraction of sp³-hybridized carbons (Fsp3) is 0.250. The Labute approximate surface area is 103 Å². The van der Waals surface area contributed by atoms with E-state index >= 15 is 0 Å². The lowest BCUT2D eigenvalue weighted by molar-refractivity contribution is 0.199. The Bertz CT molecular complexity index is 486. The maximum absolute atomic E-state index is 9.66. The SMILES string of the molecule is CCc1ccc(C(C)O)cc1-c1ccccc1. The van der Waals surface area contributed by atoms with Crippen LogP contribution in [-0.4, -0.2) is 5.11 Å². The predicted molar refractivity (Wildman–Crippen MR) is 71.9 cm³/mol. The summed E-state index contributed by atoms with van der Waals surface area (Å²) in [5, 5.41) is 9.66. The summed E-state index contributed by atoms with van der Waals surface area (Å²) in [7, 11) is 0. The zero-order valence-electron chi connectivity index (χ0n) is 10.4. The smallest absolute Gasteiger partial charge is 0.0762 e. The topological polar surface area (TPSA) is 20.2 Å². The van der Waals surface area contributed by atoms with E-state index in [1.165, 1.54) is 16.7 Å². The van der Waals surface area contributed by atoms with Gasteiger partial charge < -0.3 is 5.11 Å². The standard InChI is InChI=1S/C16H18O/c1-3-13-9-10-15(12(2)17)11-16(13)14-7-5-4-6-8-14/h4-12,17H,3H2,1-2H3. The summed E-state index contributed by atoms with van der Waals surface area (Å²) in [6.45, 7) is 3.96. The molecule has 0 amide bonds. The Morgan fingerprint density at radius 1 is 1.06 bits per heavy atom. The molecule has 0 fully saturated rings. The summed E-state index contributed by atoms with van der Waals surface area (Å²) in [5.41, 5.74) is 4.74. The van der Waals surface area contributed by atoms with Crippen molar-refractivity contribution in [3.8, 4) is 11.1 Å². The molecule has 0 aliphatic carbocycles. The summed E-state index contributed by atoms with van der Waals surface area (Å²) in [5.74, 6) is 0. The molecular formula is C16H18O. The Morgan fingerprint density at radius 3 is 2.35 bits per heavy atom. The van der Waals surface area contributed by atoms with Gasteiger partial charge in [0.2, 0.25) is 0 Å². The van der Waals surface area contributed by atoms with Crippen LogP contribution in [0.4, 0.5) is 0 Å². The van der Waals surface area contributed by atoms with E-state index in [-0.39, 0.29) is 0 Å².